The summed E-state index contributed by atoms with van der Waals surface area (Å²) in [4.78, 5) is 19.0. The average Bonchev–Trinajstić information content (AvgIpc) is 2.82. The molecule has 0 bridgehead atoms. The van der Waals surface area contributed by atoms with Crippen LogP contribution in [0.25, 0.3) is 16.8 Å². The first-order chi connectivity index (χ1) is 9.00. The third-order valence-corrected chi connectivity index (χ3v) is 3.42. The maximum atomic E-state index is 11.4. The quantitative estimate of drug-likeness (QED) is 0.741. The van der Waals surface area contributed by atoms with Crippen molar-refractivity contribution in [3.05, 3.63) is 35.2 Å². The number of fused-ring (bicyclic) bond motifs is 3. The number of nitrogens with one attached hydrogen (secondary N) is 1. The third kappa shape index (κ3) is 1.54. The molecule has 0 unspecified atom stereocenters. The van der Waals surface area contributed by atoms with Crippen LogP contribution >= 0.6 is 0 Å². The minimum absolute atomic E-state index is 0.249. The van der Waals surface area contributed by atoms with Gasteiger partial charge in [-0.25, -0.2) is 9.78 Å². The second-order valence-corrected chi connectivity index (χ2v) is 5.04. The Labute approximate surface area is 109 Å². The number of aromatic amines is 1. The second kappa shape index (κ2) is 3.85. The summed E-state index contributed by atoms with van der Waals surface area (Å²) in [5.41, 5.74) is 3.70. The average molecular weight is 257 g/mol. The Hall–Kier alpha value is -2.30. The van der Waals surface area contributed by atoms with E-state index >= 15 is 0 Å². The van der Waals surface area contributed by atoms with Crippen molar-refractivity contribution in [3.8, 4) is 0 Å². The van der Waals surface area contributed by atoms with Crippen molar-refractivity contribution in [2.45, 2.75) is 26.7 Å². The molecular formula is C14H15N3O2. The Morgan fingerprint density at radius 2 is 2.16 bits per heavy atom. The molecule has 0 radical (unpaired) electrons. The first-order valence-corrected chi connectivity index (χ1v) is 6.23. The number of carbonyl (C=O) groups is 1. The number of rotatable bonds is 2. The minimum Gasteiger partial charge on any atom is -0.477 e. The molecule has 3 aromatic rings. The molecule has 0 aliphatic rings. The fraction of sp³-hybridized carbons (Fsp3) is 0.286. The first-order valence-electron chi connectivity index (χ1n) is 6.23. The molecule has 0 aliphatic carbocycles. The number of para-hydroxylation sites is 1. The van der Waals surface area contributed by atoms with Gasteiger partial charge in [0.2, 0.25) is 5.78 Å². The number of benzene rings is 1. The molecule has 0 amide bonds. The molecule has 1 aromatic carbocycles. The molecule has 19 heavy (non-hydrogen) atoms. The standard InChI is InChI=1S/C14H15N3O2/c1-7(2)9-5-4-6-10-11(9)16-14-15-8(3)12(13(18)19)17(10)14/h4-7H,1-3H3,(H,15,16)(H,18,19). The highest BCUT2D eigenvalue weighted by Gasteiger charge is 2.20. The smallest absolute Gasteiger partial charge is 0.354 e. The predicted molar refractivity (Wildman–Crippen MR) is 72.8 cm³/mol. The van der Waals surface area contributed by atoms with Crippen molar-refractivity contribution in [3.63, 3.8) is 0 Å². The van der Waals surface area contributed by atoms with Crippen molar-refractivity contribution in [1.29, 1.82) is 0 Å². The van der Waals surface area contributed by atoms with Gasteiger partial charge in [0.15, 0.2) is 5.69 Å². The molecule has 2 heterocycles. The van der Waals surface area contributed by atoms with E-state index in [-0.39, 0.29) is 5.69 Å². The summed E-state index contributed by atoms with van der Waals surface area (Å²) in [6.45, 7) is 5.95. The number of nitrogens with zero attached hydrogens (tertiary/aromatic N) is 2. The number of carboxylic acid groups (broad SMARTS) is 1. The number of aromatic nitrogens is 3. The monoisotopic (exact) mass is 257 g/mol. The zero-order valence-corrected chi connectivity index (χ0v) is 11.1. The van der Waals surface area contributed by atoms with Gasteiger partial charge in [0.05, 0.1) is 11.0 Å². The van der Waals surface area contributed by atoms with E-state index in [9.17, 15) is 9.90 Å². The summed E-state index contributed by atoms with van der Waals surface area (Å²) in [5.74, 6) is -0.0197. The topological polar surface area (TPSA) is 70.4 Å². The van der Waals surface area contributed by atoms with Gasteiger partial charge < -0.3 is 10.1 Å². The highest BCUT2D eigenvalue weighted by atomic mass is 16.4. The van der Waals surface area contributed by atoms with Crippen LogP contribution in [-0.4, -0.2) is 25.4 Å². The molecule has 2 aromatic heterocycles. The van der Waals surface area contributed by atoms with E-state index in [1.807, 2.05) is 18.2 Å². The van der Waals surface area contributed by atoms with Crippen molar-refractivity contribution in [2.75, 3.05) is 0 Å². The maximum Gasteiger partial charge on any atom is 0.354 e. The van der Waals surface area contributed by atoms with Crippen LogP contribution in [0.15, 0.2) is 18.2 Å². The van der Waals surface area contributed by atoms with Crippen LogP contribution in [0.2, 0.25) is 0 Å². The lowest BCUT2D eigenvalue weighted by molar-refractivity contribution is 0.0689. The summed E-state index contributed by atoms with van der Waals surface area (Å²) in [6.07, 6.45) is 0. The minimum atomic E-state index is -0.946. The predicted octanol–water partition coefficient (Wildman–Crippen LogP) is 2.95. The second-order valence-electron chi connectivity index (χ2n) is 5.04. The van der Waals surface area contributed by atoms with Gasteiger partial charge in [-0.1, -0.05) is 26.0 Å². The lowest BCUT2D eigenvalue weighted by Gasteiger charge is -2.05. The van der Waals surface area contributed by atoms with Crippen LogP contribution in [0.5, 0.6) is 0 Å². The van der Waals surface area contributed by atoms with Gasteiger partial charge in [-0.05, 0) is 24.5 Å². The number of hydrogen-bond donors (Lipinski definition) is 2. The van der Waals surface area contributed by atoms with Gasteiger partial charge >= 0.3 is 5.97 Å². The van der Waals surface area contributed by atoms with Gasteiger partial charge in [0.1, 0.15) is 0 Å². The molecule has 5 nitrogen and oxygen atoms in total. The fourth-order valence-electron chi connectivity index (χ4n) is 2.55. The lowest BCUT2D eigenvalue weighted by atomic mass is 10.0. The molecule has 0 aliphatic heterocycles. The van der Waals surface area contributed by atoms with Gasteiger partial charge in [0.25, 0.3) is 0 Å². The number of aromatic carboxylic acids is 1. The summed E-state index contributed by atoms with van der Waals surface area (Å²) in [5, 5.41) is 9.34. The summed E-state index contributed by atoms with van der Waals surface area (Å²) in [6, 6.07) is 5.88. The molecular weight excluding hydrogens is 242 g/mol. The molecule has 0 saturated heterocycles. The van der Waals surface area contributed by atoms with Crippen molar-refractivity contribution < 1.29 is 9.90 Å². The molecule has 0 spiro atoms. The molecule has 3 rings (SSSR count). The number of carboxylic acids is 1. The summed E-state index contributed by atoms with van der Waals surface area (Å²) >= 11 is 0. The zero-order valence-electron chi connectivity index (χ0n) is 11.1. The van der Waals surface area contributed by atoms with Crippen molar-refractivity contribution in [2.24, 2.45) is 0 Å². The van der Waals surface area contributed by atoms with E-state index in [1.54, 1.807) is 11.3 Å². The Bertz CT molecular complexity index is 796. The highest BCUT2D eigenvalue weighted by molar-refractivity contribution is 5.93. The van der Waals surface area contributed by atoms with Gasteiger partial charge in [-0.3, -0.25) is 4.40 Å². The fourth-order valence-corrected chi connectivity index (χ4v) is 2.55. The van der Waals surface area contributed by atoms with Gasteiger partial charge in [0, 0.05) is 5.69 Å². The first kappa shape index (κ1) is 11.8. The molecule has 98 valence electrons. The Morgan fingerprint density at radius 1 is 1.42 bits per heavy atom. The van der Waals surface area contributed by atoms with Crippen molar-refractivity contribution >= 4 is 22.8 Å². The number of aryl methyl sites for hydroxylation is 1. The zero-order chi connectivity index (χ0) is 13.7. The van der Waals surface area contributed by atoms with Crippen LogP contribution < -0.4 is 0 Å². The van der Waals surface area contributed by atoms with Crippen LogP contribution in [0.4, 0.5) is 0 Å². The number of hydrogen-bond acceptors (Lipinski definition) is 2. The van der Waals surface area contributed by atoms with E-state index in [1.165, 1.54) is 0 Å². The molecule has 0 atom stereocenters. The molecule has 5 heteroatoms. The normalized spacial score (nSPS) is 11.8. The van der Waals surface area contributed by atoms with E-state index in [4.69, 9.17) is 0 Å². The Morgan fingerprint density at radius 3 is 2.79 bits per heavy atom. The molecule has 0 fully saturated rings. The largest absolute Gasteiger partial charge is 0.477 e. The summed E-state index contributed by atoms with van der Waals surface area (Å²) < 4.78 is 1.68. The number of imidazole rings is 2. The molecule has 0 saturated carbocycles. The Balaban J connectivity index is 2.49. The van der Waals surface area contributed by atoms with E-state index in [0.29, 0.717) is 17.4 Å². The maximum absolute atomic E-state index is 11.4. The van der Waals surface area contributed by atoms with E-state index in [0.717, 1.165) is 16.6 Å². The SMILES string of the molecule is Cc1[nH]c2nc3c(C(C)C)cccc3n2c1C(=O)O. The summed E-state index contributed by atoms with van der Waals surface area (Å²) in [7, 11) is 0. The highest BCUT2D eigenvalue weighted by Crippen LogP contribution is 2.27. The van der Waals surface area contributed by atoms with Gasteiger partial charge in [-0.2, -0.15) is 0 Å². The van der Waals surface area contributed by atoms with E-state index < -0.39 is 5.97 Å². The number of H-pyrrole nitrogens is 1. The van der Waals surface area contributed by atoms with E-state index in [2.05, 4.69) is 23.8 Å². The third-order valence-electron chi connectivity index (χ3n) is 3.42. The lowest BCUT2D eigenvalue weighted by Crippen LogP contribution is -2.03. The van der Waals surface area contributed by atoms with Crippen LogP contribution in [-0.2, 0) is 0 Å². The van der Waals surface area contributed by atoms with Crippen LogP contribution in [0.1, 0.15) is 41.5 Å². The van der Waals surface area contributed by atoms with Crippen LogP contribution in [0, 0.1) is 6.92 Å². The molecule has 2 N–H and O–H groups in total. The Kier molecular flexibility index (Phi) is 2.38. The van der Waals surface area contributed by atoms with Crippen LogP contribution in [0.3, 0.4) is 0 Å². The van der Waals surface area contributed by atoms with Crippen molar-refractivity contribution in [1.82, 2.24) is 14.4 Å². The van der Waals surface area contributed by atoms with Gasteiger partial charge in [-0.15, -0.1) is 0 Å².